The van der Waals surface area contributed by atoms with Crippen molar-refractivity contribution >= 4 is 43.6 Å². The van der Waals surface area contributed by atoms with Crippen LogP contribution in [0.3, 0.4) is 0 Å². The van der Waals surface area contributed by atoms with E-state index in [1.807, 2.05) is 0 Å². The highest BCUT2D eigenvalue weighted by atomic mass is 32.2. The third-order valence-electron chi connectivity index (χ3n) is 8.53. The van der Waals surface area contributed by atoms with Gasteiger partial charge in [0.25, 0.3) is 27.0 Å². The Balaban J connectivity index is 1.39. The standard InChI is InChI=1S/C34H30N6O5S/c1-38-34(43)26-17-15-22(20-27(26)32(41)37-38)31-36-28-21-23(16-18-29(28)39(31)24-10-4-2-5-11-24)33(42)40(30-14-8-9-19-35-30)46(44,45)25-12-6-3-7-13-25/h3,6-9,12-21,24H,2,4-5,10-11H2,1H3,(H,37,41). The highest BCUT2D eigenvalue weighted by Crippen LogP contribution is 2.37. The van der Waals surface area contributed by atoms with Crippen LogP contribution in [0.4, 0.5) is 5.82 Å². The molecule has 0 aliphatic heterocycles. The van der Waals surface area contributed by atoms with Gasteiger partial charge >= 0.3 is 0 Å². The Bertz CT molecular complexity index is 2340. The number of sulfonamides is 1. The molecule has 3 aromatic heterocycles. The third-order valence-corrected chi connectivity index (χ3v) is 10.2. The van der Waals surface area contributed by atoms with Gasteiger partial charge in [-0.25, -0.2) is 18.4 Å². The normalized spacial score (nSPS) is 14.1. The number of hydrogen-bond acceptors (Lipinski definition) is 7. The van der Waals surface area contributed by atoms with E-state index < -0.39 is 15.9 Å². The number of aromatic nitrogens is 5. The molecule has 0 saturated heterocycles. The summed E-state index contributed by atoms with van der Waals surface area (Å²) >= 11 is 0. The van der Waals surface area contributed by atoms with Crippen molar-refractivity contribution in [2.24, 2.45) is 7.05 Å². The van der Waals surface area contributed by atoms with Gasteiger partial charge in [-0.05, 0) is 67.4 Å². The monoisotopic (exact) mass is 634 g/mol. The summed E-state index contributed by atoms with van der Waals surface area (Å²) in [5.74, 6) is -0.198. The Kier molecular flexibility index (Phi) is 7.36. The number of benzene rings is 3. The number of nitrogens with one attached hydrogen (secondary N) is 1. The maximum Gasteiger partial charge on any atom is 0.273 e. The van der Waals surface area contributed by atoms with E-state index >= 15 is 0 Å². The highest BCUT2D eigenvalue weighted by Gasteiger charge is 2.33. The van der Waals surface area contributed by atoms with Crippen molar-refractivity contribution in [3.8, 4) is 11.4 Å². The van der Waals surface area contributed by atoms with Crippen molar-refractivity contribution < 1.29 is 13.2 Å². The largest absolute Gasteiger partial charge is 0.321 e. The maximum absolute atomic E-state index is 14.1. The molecule has 0 radical (unpaired) electrons. The Morgan fingerprint density at radius 1 is 0.891 bits per heavy atom. The molecule has 0 spiro atoms. The third kappa shape index (κ3) is 5.00. The minimum Gasteiger partial charge on any atom is -0.321 e. The molecule has 1 fully saturated rings. The molecule has 1 aliphatic carbocycles. The zero-order valence-electron chi connectivity index (χ0n) is 25.0. The predicted octanol–water partition coefficient (Wildman–Crippen LogP) is 5.18. The number of carbonyl (C=O) groups is 1. The van der Waals surface area contributed by atoms with Crippen molar-refractivity contribution in [1.29, 1.82) is 0 Å². The van der Waals surface area contributed by atoms with Crippen LogP contribution in [-0.4, -0.2) is 38.6 Å². The second kappa shape index (κ2) is 11.5. The zero-order chi connectivity index (χ0) is 32.0. The molecule has 1 aliphatic rings. The van der Waals surface area contributed by atoms with E-state index in [4.69, 9.17) is 4.98 Å². The van der Waals surface area contributed by atoms with Crippen molar-refractivity contribution in [1.82, 2.24) is 24.3 Å². The fourth-order valence-electron chi connectivity index (χ4n) is 6.27. The van der Waals surface area contributed by atoms with Crippen LogP contribution in [0.1, 0.15) is 48.5 Å². The number of imidazole rings is 1. The summed E-state index contributed by atoms with van der Waals surface area (Å²) in [5.41, 5.74) is 1.36. The lowest BCUT2D eigenvalue weighted by molar-refractivity contribution is 0.100. The minimum absolute atomic E-state index is 0.0302. The van der Waals surface area contributed by atoms with Gasteiger partial charge in [0.1, 0.15) is 5.82 Å². The molecule has 1 saturated carbocycles. The molecule has 0 bridgehead atoms. The quantitative estimate of drug-likeness (QED) is 0.266. The number of nitrogens with zero attached hydrogens (tertiary/aromatic N) is 5. The van der Waals surface area contributed by atoms with Gasteiger partial charge in [0.05, 0.1) is 26.7 Å². The van der Waals surface area contributed by atoms with Gasteiger partial charge < -0.3 is 4.57 Å². The van der Waals surface area contributed by atoms with Gasteiger partial charge in [-0.1, -0.05) is 49.6 Å². The van der Waals surface area contributed by atoms with Gasteiger partial charge in [-0.15, -0.1) is 0 Å². The molecule has 12 heteroatoms. The van der Waals surface area contributed by atoms with Gasteiger partial charge in [0.2, 0.25) is 0 Å². The Labute approximate surface area is 263 Å². The first-order valence-electron chi connectivity index (χ1n) is 15.1. The maximum atomic E-state index is 14.1. The summed E-state index contributed by atoms with van der Waals surface area (Å²) in [5, 5.41) is 3.12. The van der Waals surface area contributed by atoms with Crippen LogP contribution in [-0.2, 0) is 17.1 Å². The number of aryl methyl sites for hydroxylation is 1. The number of H-pyrrole nitrogens is 1. The van der Waals surface area contributed by atoms with E-state index in [1.165, 1.54) is 31.4 Å². The summed E-state index contributed by atoms with van der Waals surface area (Å²) in [7, 11) is -2.81. The number of aromatic amines is 1. The molecule has 232 valence electrons. The average molecular weight is 635 g/mol. The van der Waals surface area contributed by atoms with Gasteiger partial charge in [-0.2, -0.15) is 4.31 Å². The number of pyridine rings is 1. The van der Waals surface area contributed by atoms with Crippen molar-refractivity contribution in [3.05, 3.63) is 117 Å². The van der Waals surface area contributed by atoms with Crippen molar-refractivity contribution in [2.45, 2.75) is 43.0 Å². The molecule has 46 heavy (non-hydrogen) atoms. The molecule has 3 aromatic carbocycles. The van der Waals surface area contributed by atoms with Crippen LogP contribution in [0, 0.1) is 0 Å². The summed E-state index contributed by atoms with van der Waals surface area (Å²) in [6.07, 6.45) is 6.58. The van der Waals surface area contributed by atoms with Crippen LogP contribution in [0.5, 0.6) is 0 Å². The topological polar surface area (TPSA) is 140 Å². The van der Waals surface area contributed by atoms with Crippen LogP contribution >= 0.6 is 0 Å². The molecular weight excluding hydrogens is 604 g/mol. The number of anilines is 1. The number of hydrogen-bond donors (Lipinski definition) is 1. The van der Waals surface area contributed by atoms with Gasteiger partial charge in [0, 0.05) is 30.4 Å². The number of fused-ring (bicyclic) bond motifs is 2. The number of amides is 1. The first-order valence-corrected chi connectivity index (χ1v) is 16.5. The summed E-state index contributed by atoms with van der Waals surface area (Å²) in [4.78, 5) is 48.8. The highest BCUT2D eigenvalue weighted by molar-refractivity contribution is 7.93. The molecule has 1 N–H and O–H groups in total. The van der Waals surface area contributed by atoms with E-state index in [0.29, 0.717) is 22.3 Å². The second-order valence-electron chi connectivity index (χ2n) is 11.4. The summed E-state index contributed by atoms with van der Waals surface area (Å²) < 4.78 is 31.7. The Morgan fingerprint density at radius 3 is 2.39 bits per heavy atom. The lowest BCUT2D eigenvalue weighted by atomic mass is 9.94. The Hall–Kier alpha value is -5.36. The van der Waals surface area contributed by atoms with Crippen LogP contribution in [0.2, 0.25) is 0 Å². The van der Waals surface area contributed by atoms with E-state index in [-0.39, 0.29) is 38.8 Å². The van der Waals surface area contributed by atoms with Crippen LogP contribution < -0.4 is 15.4 Å². The fourth-order valence-corrected chi connectivity index (χ4v) is 7.66. The number of rotatable bonds is 6. The number of carbonyl (C=O) groups excluding carboxylic acids is 1. The summed E-state index contributed by atoms with van der Waals surface area (Å²) in [6, 6.07) is 22.7. The van der Waals surface area contributed by atoms with E-state index in [2.05, 4.69) is 14.6 Å². The van der Waals surface area contributed by atoms with E-state index in [0.717, 1.165) is 46.6 Å². The molecule has 11 nitrogen and oxygen atoms in total. The molecule has 3 heterocycles. The summed E-state index contributed by atoms with van der Waals surface area (Å²) in [6.45, 7) is 0. The predicted molar refractivity (Wildman–Crippen MR) is 175 cm³/mol. The van der Waals surface area contributed by atoms with Crippen molar-refractivity contribution in [3.63, 3.8) is 0 Å². The van der Waals surface area contributed by atoms with Crippen LogP contribution in [0.25, 0.3) is 33.2 Å². The van der Waals surface area contributed by atoms with Gasteiger partial charge in [-0.3, -0.25) is 24.2 Å². The van der Waals surface area contributed by atoms with Crippen molar-refractivity contribution in [2.75, 3.05) is 4.31 Å². The molecule has 0 unspecified atom stereocenters. The molecule has 1 amide bonds. The molecular formula is C34H30N6O5S. The smallest absolute Gasteiger partial charge is 0.273 e. The van der Waals surface area contributed by atoms with E-state index in [9.17, 15) is 22.8 Å². The first-order chi connectivity index (χ1) is 22.2. The second-order valence-corrected chi connectivity index (χ2v) is 13.2. The molecule has 6 aromatic rings. The van der Waals surface area contributed by atoms with E-state index in [1.54, 1.807) is 66.7 Å². The molecule has 7 rings (SSSR count). The first kappa shape index (κ1) is 29.4. The lowest BCUT2D eigenvalue weighted by Crippen LogP contribution is -2.37. The van der Waals surface area contributed by atoms with Gasteiger partial charge in [0.15, 0.2) is 5.82 Å². The minimum atomic E-state index is -4.31. The molecule has 0 atom stereocenters. The van der Waals surface area contributed by atoms with Crippen LogP contribution in [0.15, 0.2) is 106 Å². The fraction of sp³-hybridized carbons (Fsp3) is 0.206. The SMILES string of the molecule is Cn1[nH]c(=O)c2cc(-c3nc4cc(C(=O)N(c5ccccn5)S(=O)(=O)c5ccccc5)ccc4n3C3CCCCC3)ccc2c1=O. The zero-order valence-corrected chi connectivity index (χ0v) is 25.8. The Morgan fingerprint density at radius 2 is 1.65 bits per heavy atom. The average Bonchev–Trinajstić information content (AvgIpc) is 3.47. The lowest BCUT2D eigenvalue weighted by Gasteiger charge is -2.26.